The van der Waals surface area contributed by atoms with E-state index in [0.717, 1.165) is 6.07 Å². The average molecular weight is 353 g/mol. The second-order valence-corrected chi connectivity index (χ2v) is 4.63. The lowest BCUT2D eigenvalue weighted by Gasteiger charge is -2.12. The summed E-state index contributed by atoms with van der Waals surface area (Å²) < 4.78 is 34.0. The molecule has 8 nitrogen and oxygen atoms in total. The summed E-state index contributed by atoms with van der Waals surface area (Å²) in [5.74, 6) is -0.171. The van der Waals surface area contributed by atoms with E-state index in [9.17, 15) is 23.7 Å². The van der Waals surface area contributed by atoms with Crippen molar-refractivity contribution in [1.82, 2.24) is 0 Å². The number of nitro benzene ring substituents is 1. The van der Waals surface area contributed by atoms with Crippen LogP contribution in [0.1, 0.15) is 0 Å². The molecule has 2 rings (SSSR count). The number of urea groups is 1. The molecule has 2 aromatic carbocycles. The predicted molar refractivity (Wildman–Crippen MR) is 85.4 cm³/mol. The van der Waals surface area contributed by atoms with Crippen molar-refractivity contribution < 1.29 is 28.0 Å². The Morgan fingerprint density at radius 2 is 1.80 bits per heavy atom. The largest absolute Gasteiger partial charge is 0.493 e. The average Bonchev–Trinajstić information content (AvgIpc) is 2.54. The fraction of sp³-hybridized carbons (Fsp3) is 0.133. The molecule has 2 amide bonds. The molecule has 0 heterocycles. The highest BCUT2D eigenvalue weighted by Crippen LogP contribution is 2.31. The van der Waals surface area contributed by atoms with Crippen molar-refractivity contribution in [2.45, 2.75) is 6.61 Å². The number of nitrogens with zero attached hydrogens (tertiary/aromatic N) is 1. The molecule has 0 saturated heterocycles. The molecule has 0 aliphatic heterocycles. The topological polar surface area (TPSA) is 103 Å². The Bertz CT molecular complexity index is 786. The number of halogens is 2. The number of benzene rings is 2. The molecule has 0 atom stereocenters. The van der Waals surface area contributed by atoms with Crippen molar-refractivity contribution in [1.29, 1.82) is 0 Å². The van der Waals surface area contributed by atoms with Crippen LogP contribution < -0.4 is 20.1 Å². The molecule has 132 valence electrons. The number of carbonyl (C=O) groups excluding carboxylic acids is 1. The smallest absolute Gasteiger partial charge is 0.387 e. The summed E-state index contributed by atoms with van der Waals surface area (Å²) in [6, 6.07) is 8.55. The monoisotopic (exact) mass is 353 g/mol. The molecule has 0 unspecified atom stereocenters. The Morgan fingerprint density at radius 3 is 2.40 bits per heavy atom. The highest BCUT2D eigenvalue weighted by molar-refractivity contribution is 6.00. The molecule has 0 bridgehead atoms. The van der Waals surface area contributed by atoms with E-state index in [1.54, 1.807) is 0 Å². The van der Waals surface area contributed by atoms with Gasteiger partial charge in [-0.05, 0) is 18.2 Å². The quantitative estimate of drug-likeness (QED) is 0.606. The number of hydrogen-bond donors (Lipinski definition) is 2. The van der Waals surface area contributed by atoms with E-state index in [0.29, 0.717) is 0 Å². The summed E-state index contributed by atoms with van der Waals surface area (Å²) >= 11 is 0. The number of carbonyl (C=O) groups is 1. The molecule has 2 N–H and O–H groups in total. The van der Waals surface area contributed by atoms with E-state index < -0.39 is 17.6 Å². The van der Waals surface area contributed by atoms with Gasteiger partial charge in [0.1, 0.15) is 0 Å². The molecular weight excluding hydrogens is 340 g/mol. The minimum atomic E-state index is -3.05. The molecule has 0 spiro atoms. The fourth-order valence-corrected chi connectivity index (χ4v) is 1.93. The lowest BCUT2D eigenvalue weighted by atomic mass is 10.2. The lowest BCUT2D eigenvalue weighted by molar-refractivity contribution is -0.384. The van der Waals surface area contributed by atoms with Crippen LogP contribution >= 0.6 is 0 Å². The van der Waals surface area contributed by atoms with Gasteiger partial charge in [0.05, 0.1) is 12.0 Å². The summed E-state index contributed by atoms with van der Waals surface area (Å²) in [7, 11) is 1.29. The Morgan fingerprint density at radius 1 is 1.12 bits per heavy atom. The van der Waals surface area contributed by atoms with Gasteiger partial charge < -0.3 is 20.1 Å². The SMILES string of the molecule is COc1ccc(NC(=O)Nc2cccc([N+](=O)[O-])c2)cc1OC(F)F. The maximum atomic E-state index is 12.4. The van der Waals surface area contributed by atoms with Gasteiger partial charge in [-0.1, -0.05) is 6.07 Å². The van der Waals surface area contributed by atoms with E-state index in [2.05, 4.69) is 15.4 Å². The van der Waals surface area contributed by atoms with Crippen LogP contribution in [0.15, 0.2) is 42.5 Å². The first-order chi connectivity index (χ1) is 11.9. The first-order valence-corrected chi connectivity index (χ1v) is 6.84. The number of nitro groups is 1. The van der Waals surface area contributed by atoms with Crippen LogP contribution in [-0.4, -0.2) is 24.7 Å². The summed E-state index contributed by atoms with van der Waals surface area (Å²) in [6.07, 6.45) is 0. The van der Waals surface area contributed by atoms with Gasteiger partial charge in [-0.3, -0.25) is 10.1 Å². The van der Waals surface area contributed by atoms with Gasteiger partial charge in [-0.2, -0.15) is 8.78 Å². The zero-order valence-corrected chi connectivity index (χ0v) is 12.9. The van der Waals surface area contributed by atoms with Crippen LogP contribution in [0.2, 0.25) is 0 Å². The Balaban J connectivity index is 2.10. The molecule has 25 heavy (non-hydrogen) atoms. The van der Waals surface area contributed by atoms with Crippen LogP contribution in [0.5, 0.6) is 11.5 Å². The normalized spacial score (nSPS) is 10.2. The second kappa shape index (κ2) is 7.90. The molecule has 0 fully saturated rings. The van der Waals surface area contributed by atoms with E-state index in [-0.39, 0.29) is 28.6 Å². The maximum absolute atomic E-state index is 12.4. The molecule has 0 saturated carbocycles. The first-order valence-electron chi connectivity index (χ1n) is 6.84. The van der Waals surface area contributed by atoms with Gasteiger partial charge in [-0.25, -0.2) is 4.79 Å². The zero-order valence-electron chi connectivity index (χ0n) is 12.9. The van der Waals surface area contributed by atoms with Crippen LogP contribution in [0.3, 0.4) is 0 Å². The second-order valence-electron chi connectivity index (χ2n) is 4.63. The first kappa shape index (κ1) is 17.9. The summed E-state index contributed by atoms with van der Waals surface area (Å²) in [5.41, 5.74) is 0.179. The minimum absolute atomic E-state index is 0.0740. The number of non-ortho nitro benzene ring substituents is 1. The maximum Gasteiger partial charge on any atom is 0.387 e. The van der Waals surface area contributed by atoms with Crippen LogP contribution in [0.4, 0.5) is 30.6 Å². The summed E-state index contributed by atoms with van der Waals surface area (Å²) in [5, 5.41) is 15.5. The van der Waals surface area contributed by atoms with E-state index in [1.807, 2.05) is 0 Å². The van der Waals surface area contributed by atoms with Gasteiger partial charge in [0.15, 0.2) is 11.5 Å². The van der Waals surface area contributed by atoms with Gasteiger partial charge >= 0.3 is 12.6 Å². The van der Waals surface area contributed by atoms with Crippen LogP contribution in [0.25, 0.3) is 0 Å². The molecule has 0 aliphatic rings. The predicted octanol–water partition coefficient (Wildman–Crippen LogP) is 3.85. The zero-order chi connectivity index (χ0) is 18.4. The van der Waals surface area contributed by atoms with E-state index in [1.165, 1.54) is 43.5 Å². The molecule has 10 heteroatoms. The summed E-state index contributed by atoms with van der Waals surface area (Å²) in [6.45, 7) is -3.05. The number of anilines is 2. The molecule has 2 aromatic rings. The number of methoxy groups -OCH3 is 1. The third kappa shape index (κ3) is 5.03. The van der Waals surface area contributed by atoms with Crippen molar-refractivity contribution in [3.8, 4) is 11.5 Å². The number of hydrogen-bond acceptors (Lipinski definition) is 5. The van der Waals surface area contributed by atoms with E-state index >= 15 is 0 Å². The Labute approximate surface area is 140 Å². The van der Waals surface area contributed by atoms with Crippen LogP contribution in [0, 0.1) is 10.1 Å². The van der Waals surface area contributed by atoms with Gasteiger partial charge in [-0.15, -0.1) is 0 Å². The molecule has 0 radical (unpaired) electrons. The van der Waals surface area contributed by atoms with Gasteiger partial charge in [0.2, 0.25) is 0 Å². The molecule has 0 aromatic heterocycles. The number of alkyl halides is 2. The highest BCUT2D eigenvalue weighted by Gasteiger charge is 2.13. The standard InChI is InChI=1S/C15H13F2N3O5/c1-24-12-6-5-10(8-13(12)25-14(16)17)19-15(21)18-9-3-2-4-11(7-9)20(22)23/h2-8,14H,1H3,(H2,18,19,21). The molecular formula is C15H13F2N3O5. The lowest BCUT2D eigenvalue weighted by Crippen LogP contribution is -2.19. The fourth-order valence-electron chi connectivity index (χ4n) is 1.93. The number of nitrogens with one attached hydrogen (secondary N) is 2. The van der Waals surface area contributed by atoms with Crippen LogP contribution in [-0.2, 0) is 0 Å². The highest BCUT2D eigenvalue weighted by atomic mass is 19.3. The third-order valence-electron chi connectivity index (χ3n) is 2.95. The van der Waals surface area contributed by atoms with Crippen molar-refractivity contribution in [2.75, 3.05) is 17.7 Å². The number of rotatable bonds is 6. The number of ether oxygens (including phenoxy) is 2. The van der Waals surface area contributed by atoms with Gasteiger partial charge in [0.25, 0.3) is 5.69 Å². The summed E-state index contributed by atoms with van der Waals surface area (Å²) in [4.78, 5) is 22.0. The van der Waals surface area contributed by atoms with Gasteiger partial charge in [0, 0.05) is 29.6 Å². The number of amides is 2. The van der Waals surface area contributed by atoms with Crippen molar-refractivity contribution in [3.05, 3.63) is 52.6 Å². The molecule has 0 aliphatic carbocycles. The van der Waals surface area contributed by atoms with Crippen molar-refractivity contribution >= 4 is 23.1 Å². The Hall–Kier alpha value is -3.43. The minimum Gasteiger partial charge on any atom is -0.493 e. The van der Waals surface area contributed by atoms with Crippen molar-refractivity contribution in [2.24, 2.45) is 0 Å². The Kier molecular flexibility index (Phi) is 5.66. The van der Waals surface area contributed by atoms with E-state index in [4.69, 9.17) is 4.74 Å². The third-order valence-corrected chi connectivity index (χ3v) is 2.95. The van der Waals surface area contributed by atoms with Crippen molar-refractivity contribution in [3.63, 3.8) is 0 Å².